The minimum Gasteiger partial charge on any atom is -0.432 e. The standard InChI is InChI=1S/C8H8N2O2/c1-5-7(6(2)11)10-3-4-12-8(10)9-5/h3-4H,1-2H3. The van der Waals surface area contributed by atoms with E-state index in [0.717, 1.165) is 0 Å². The number of carbonyl (C=O) groups excluding carboxylic acids is 1. The summed E-state index contributed by atoms with van der Waals surface area (Å²) in [4.78, 5) is 15.2. The van der Waals surface area contributed by atoms with E-state index in [9.17, 15) is 4.79 Å². The molecule has 0 spiro atoms. The number of rotatable bonds is 1. The Morgan fingerprint density at radius 2 is 2.42 bits per heavy atom. The van der Waals surface area contributed by atoms with Gasteiger partial charge in [0.25, 0.3) is 0 Å². The predicted molar refractivity (Wildman–Crippen MR) is 42.2 cm³/mol. The average Bonchev–Trinajstić information content (AvgIpc) is 2.44. The average molecular weight is 164 g/mol. The van der Waals surface area contributed by atoms with E-state index < -0.39 is 0 Å². The van der Waals surface area contributed by atoms with Gasteiger partial charge in [0, 0.05) is 13.1 Å². The number of oxazole rings is 1. The molecule has 0 fully saturated rings. The number of aryl methyl sites for hydroxylation is 1. The van der Waals surface area contributed by atoms with Gasteiger partial charge in [0.05, 0.1) is 5.69 Å². The van der Waals surface area contributed by atoms with E-state index in [1.807, 2.05) is 0 Å². The van der Waals surface area contributed by atoms with Gasteiger partial charge in [-0.1, -0.05) is 0 Å². The Hall–Kier alpha value is -1.58. The smallest absolute Gasteiger partial charge is 0.306 e. The molecular weight excluding hydrogens is 156 g/mol. The van der Waals surface area contributed by atoms with Crippen LogP contribution < -0.4 is 0 Å². The van der Waals surface area contributed by atoms with Crippen molar-refractivity contribution >= 4 is 11.6 Å². The van der Waals surface area contributed by atoms with Crippen molar-refractivity contribution in [2.45, 2.75) is 13.8 Å². The van der Waals surface area contributed by atoms with Crippen LogP contribution in [0.5, 0.6) is 0 Å². The number of fused-ring (bicyclic) bond motifs is 1. The van der Waals surface area contributed by atoms with Crippen LogP contribution in [0.4, 0.5) is 0 Å². The van der Waals surface area contributed by atoms with Crippen LogP contribution in [-0.2, 0) is 0 Å². The molecule has 0 N–H and O–H groups in total. The van der Waals surface area contributed by atoms with Gasteiger partial charge in [-0.25, -0.2) is 0 Å². The summed E-state index contributed by atoms with van der Waals surface area (Å²) in [6.07, 6.45) is 3.19. The SMILES string of the molecule is CC(=O)c1c(C)nc2occn12. The van der Waals surface area contributed by atoms with Gasteiger partial charge in [0.15, 0.2) is 5.78 Å². The fourth-order valence-electron chi connectivity index (χ4n) is 1.32. The second-order valence-corrected chi connectivity index (χ2v) is 2.66. The first kappa shape index (κ1) is 7.09. The lowest BCUT2D eigenvalue weighted by molar-refractivity contribution is 0.101. The number of ketones is 1. The number of hydrogen-bond acceptors (Lipinski definition) is 3. The molecule has 0 unspecified atom stereocenters. The molecule has 0 bridgehead atoms. The topological polar surface area (TPSA) is 47.5 Å². The number of Topliss-reactive ketones (excluding diaryl/α,β-unsaturated/α-hetero) is 1. The fourth-order valence-corrected chi connectivity index (χ4v) is 1.32. The normalized spacial score (nSPS) is 10.8. The van der Waals surface area contributed by atoms with E-state index >= 15 is 0 Å². The van der Waals surface area contributed by atoms with Crippen molar-refractivity contribution in [2.75, 3.05) is 0 Å². The van der Waals surface area contributed by atoms with Crippen LogP contribution >= 0.6 is 0 Å². The maximum absolute atomic E-state index is 11.1. The van der Waals surface area contributed by atoms with Crippen LogP contribution in [0.3, 0.4) is 0 Å². The molecule has 0 saturated heterocycles. The fraction of sp³-hybridized carbons (Fsp3) is 0.250. The quantitative estimate of drug-likeness (QED) is 0.599. The van der Waals surface area contributed by atoms with Crippen LogP contribution in [0.2, 0.25) is 0 Å². The first-order chi connectivity index (χ1) is 5.70. The van der Waals surface area contributed by atoms with Gasteiger partial charge in [-0.15, -0.1) is 0 Å². The van der Waals surface area contributed by atoms with E-state index in [4.69, 9.17) is 4.42 Å². The van der Waals surface area contributed by atoms with Crippen LogP contribution in [0.15, 0.2) is 16.9 Å². The summed E-state index contributed by atoms with van der Waals surface area (Å²) in [7, 11) is 0. The molecule has 0 aromatic carbocycles. The van der Waals surface area contributed by atoms with Gasteiger partial charge < -0.3 is 4.42 Å². The molecular formula is C8H8N2O2. The molecule has 0 amide bonds. The van der Waals surface area contributed by atoms with Crippen molar-refractivity contribution in [1.29, 1.82) is 0 Å². The van der Waals surface area contributed by atoms with Crippen molar-refractivity contribution in [3.8, 4) is 0 Å². The highest BCUT2D eigenvalue weighted by molar-refractivity contribution is 5.94. The number of imidazole rings is 1. The van der Waals surface area contributed by atoms with Gasteiger partial charge in [0.2, 0.25) is 0 Å². The minimum atomic E-state index is 0.00130. The predicted octanol–water partition coefficient (Wildman–Crippen LogP) is 1.44. The van der Waals surface area contributed by atoms with Crippen molar-refractivity contribution in [1.82, 2.24) is 9.38 Å². The number of carbonyl (C=O) groups is 1. The molecule has 0 atom stereocenters. The van der Waals surface area contributed by atoms with E-state index in [2.05, 4.69) is 4.98 Å². The monoisotopic (exact) mass is 164 g/mol. The maximum atomic E-state index is 11.1. The van der Waals surface area contributed by atoms with Crippen LogP contribution in [-0.4, -0.2) is 15.2 Å². The van der Waals surface area contributed by atoms with E-state index in [1.165, 1.54) is 13.2 Å². The summed E-state index contributed by atoms with van der Waals surface area (Å²) in [6, 6.07) is 0. The second kappa shape index (κ2) is 2.20. The van der Waals surface area contributed by atoms with Crippen molar-refractivity contribution in [3.63, 3.8) is 0 Å². The Balaban J connectivity index is 2.84. The third kappa shape index (κ3) is 0.777. The molecule has 2 rings (SSSR count). The molecule has 62 valence electrons. The molecule has 12 heavy (non-hydrogen) atoms. The summed E-state index contributed by atoms with van der Waals surface area (Å²) in [5, 5.41) is 0. The van der Waals surface area contributed by atoms with Crippen molar-refractivity contribution in [2.24, 2.45) is 0 Å². The van der Waals surface area contributed by atoms with Crippen molar-refractivity contribution < 1.29 is 9.21 Å². The van der Waals surface area contributed by atoms with E-state index in [1.54, 1.807) is 17.5 Å². The summed E-state index contributed by atoms with van der Waals surface area (Å²) < 4.78 is 6.68. The number of hydrogen-bond donors (Lipinski definition) is 0. The molecule has 0 aliphatic heterocycles. The molecule has 0 aliphatic rings. The van der Waals surface area contributed by atoms with Gasteiger partial charge in [-0.05, 0) is 6.92 Å². The molecule has 4 heteroatoms. The van der Waals surface area contributed by atoms with E-state index in [-0.39, 0.29) is 5.78 Å². The van der Waals surface area contributed by atoms with E-state index in [0.29, 0.717) is 17.2 Å². The minimum absolute atomic E-state index is 0.00130. The molecule has 2 heterocycles. The van der Waals surface area contributed by atoms with Crippen LogP contribution in [0.1, 0.15) is 23.1 Å². The number of aromatic nitrogens is 2. The Kier molecular flexibility index (Phi) is 1.30. The van der Waals surface area contributed by atoms with Gasteiger partial charge >= 0.3 is 5.84 Å². The van der Waals surface area contributed by atoms with Crippen LogP contribution in [0.25, 0.3) is 5.84 Å². The summed E-state index contributed by atoms with van der Waals surface area (Å²) >= 11 is 0. The summed E-state index contributed by atoms with van der Waals surface area (Å²) in [6.45, 7) is 3.31. The largest absolute Gasteiger partial charge is 0.432 e. The molecule has 0 radical (unpaired) electrons. The maximum Gasteiger partial charge on any atom is 0.306 e. The molecule has 4 nitrogen and oxygen atoms in total. The first-order valence-electron chi connectivity index (χ1n) is 3.63. The second-order valence-electron chi connectivity index (χ2n) is 2.66. The molecule has 0 aliphatic carbocycles. The highest BCUT2D eigenvalue weighted by atomic mass is 16.3. The molecule has 0 saturated carbocycles. The summed E-state index contributed by atoms with van der Waals surface area (Å²) in [5.41, 5.74) is 1.31. The zero-order valence-electron chi connectivity index (χ0n) is 6.87. The third-order valence-corrected chi connectivity index (χ3v) is 1.77. The first-order valence-corrected chi connectivity index (χ1v) is 3.63. The Bertz CT molecular complexity index is 439. The Morgan fingerprint density at radius 3 is 3.08 bits per heavy atom. The summed E-state index contributed by atoms with van der Waals surface area (Å²) in [5.74, 6) is 0.471. The molecule has 2 aromatic heterocycles. The highest BCUT2D eigenvalue weighted by Crippen LogP contribution is 2.12. The van der Waals surface area contributed by atoms with Gasteiger partial charge in [-0.2, -0.15) is 4.98 Å². The lowest BCUT2D eigenvalue weighted by Crippen LogP contribution is -1.98. The lowest BCUT2D eigenvalue weighted by atomic mass is 10.2. The van der Waals surface area contributed by atoms with Gasteiger partial charge in [0.1, 0.15) is 12.0 Å². The lowest BCUT2D eigenvalue weighted by Gasteiger charge is -1.91. The zero-order valence-corrected chi connectivity index (χ0v) is 6.87. The third-order valence-electron chi connectivity index (χ3n) is 1.77. The highest BCUT2D eigenvalue weighted by Gasteiger charge is 2.13. The zero-order chi connectivity index (χ0) is 8.72. The van der Waals surface area contributed by atoms with Crippen molar-refractivity contribution in [3.05, 3.63) is 23.8 Å². The van der Waals surface area contributed by atoms with Crippen LogP contribution in [0, 0.1) is 6.92 Å². The number of nitrogens with zero attached hydrogens (tertiary/aromatic N) is 2. The van der Waals surface area contributed by atoms with Gasteiger partial charge in [-0.3, -0.25) is 9.20 Å². The molecule has 2 aromatic rings. The Labute approximate surface area is 68.8 Å². The Morgan fingerprint density at radius 1 is 1.67 bits per heavy atom.